The largest absolute Gasteiger partial charge is 0.394 e. The van der Waals surface area contributed by atoms with Gasteiger partial charge in [0, 0.05) is 10.2 Å². The molecule has 86 valence electrons. The van der Waals surface area contributed by atoms with Gasteiger partial charge in [-0.15, -0.1) is 0 Å². The lowest BCUT2D eigenvalue weighted by atomic mass is 9.99. The molecule has 0 radical (unpaired) electrons. The molecule has 0 aliphatic carbocycles. The van der Waals surface area contributed by atoms with Crippen LogP contribution in [0.3, 0.4) is 0 Å². The first kappa shape index (κ1) is 13.0. The Morgan fingerprint density at radius 1 is 1.56 bits per heavy atom. The molecule has 1 atom stereocenters. The van der Waals surface area contributed by atoms with E-state index in [9.17, 15) is 5.11 Å². The fourth-order valence-corrected chi connectivity index (χ4v) is 1.73. The lowest BCUT2D eigenvalue weighted by molar-refractivity contribution is 0.219. The minimum Gasteiger partial charge on any atom is -0.394 e. The Balaban J connectivity index is 2.94. The third-order valence-electron chi connectivity index (χ3n) is 2.66. The Kier molecular flexibility index (Phi) is 4.34. The summed E-state index contributed by atoms with van der Waals surface area (Å²) in [5.41, 5.74) is 1.16. The highest BCUT2D eigenvalue weighted by atomic mass is 79.9. The van der Waals surface area contributed by atoms with Crippen molar-refractivity contribution in [3.05, 3.63) is 28.2 Å². The number of nitriles is 1. The Morgan fingerprint density at radius 2 is 2.25 bits per heavy atom. The smallest absolute Gasteiger partial charge is 0.0992 e. The molecule has 0 spiro atoms. The molecule has 0 saturated carbocycles. The van der Waals surface area contributed by atoms with Gasteiger partial charge in [-0.05, 0) is 47.5 Å². The molecular weight excluding hydrogens is 268 g/mol. The highest BCUT2D eigenvalue weighted by Crippen LogP contribution is 2.27. The van der Waals surface area contributed by atoms with E-state index >= 15 is 0 Å². The zero-order valence-corrected chi connectivity index (χ0v) is 11.0. The average Bonchev–Trinajstić information content (AvgIpc) is 2.31. The summed E-state index contributed by atoms with van der Waals surface area (Å²) in [6, 6.07) is 7.43. The molecule has 0 aliphatic heterocycles. The maximum atomic E-state index is 9.31. The van der Waals surface area contributed by atoms with Crippen LogP contribution in [0.5, 0.6) is 0 Å². The van der Waals surface area contributed by atoms with Gasteiger partial charge in [0.1, 0.15) is 0 Å². The van der Waals surface area contributed by atoms with Crippen LogP contribution >= 0.6 is 15.9 Å². The van der Waals surface area contributed by atoms with Crippen molar-refractivity contribution in [1.82, 2.24) is 0 Å². The normalized spacial score (nSPS) is 13.9. The minimum atomic E-state index is -0.337. The number of hydrogen-bond acceptors (Lipinski definition) is 3. The molecular formula is C12H15BrN2O. The summed E-state index contributed by atoms with van der Waals surface area (Å²) < 4.78 is 0.833. The molecule has 4 heteroatoms. The second-order valence-corrected chi connectivity index (χ2v) is 4.86. The van der Waals surface area contributed by atoms with Crippen LogP contribution in [0, 0.1) is 11.3 Å². The third kappa shape index (κ3) is 2.97. The zero-order valence-electron chi connectivity index (χ0n) is 9.42. The maximum Gasteiger partial charge on any atom is 0.0992 e. The second kappa shape index (κ2) is 5.33. The molecule has 1 aromatic carbocycles. The lowest BCUT2D eigenvalue weighted by Crippen LogP contribution is -2.38. The fourth-order valence-electron chi connectivity index (χ4n) is 1.25. The van der Waals surface area contributed by atoms with Gasteiger partial charge in [-0.2, -0.15) is 5.26 Å². The summed E-state index contributed by atoms with van der Waals surface area (Å²) in [4.78, 5) is 0. The van der Waals surface area contributed by atoms with E-state index in [0.717, 1.165) is 16.6 Å². The van der Waals surface area contributed by atoms with Crippen molar-refractivity contribution in [3.63, 3.8) is 0 Å². The molecule has 0 saturated heterocycles. The van der Waals surface area contributed by atoms with Crippen molar-refractivity contribution in [2.75, 3.05) is 11.9 Å². The number of aliphatic hydroxyl groups is 1. The van der Waals surface area contributed by atoms with Crippen LogP contribution in [0.1, 0.15) is 25.8 Å². The second-order valence-electron chi connectivity index (χ2n) is 4.00. The van der Waals surface area contributed by atoms with Crippen LogP contribution in [-0.4, -0.2) is 17.3 Å². The summed E-state index contributed by atoms with van der Waals surface area (Å²) in [5, 5.41) is 21.3. The van der Waals surface area contributed by atoms with Gasteiger partial charge >= 0.3 is 0 Å². The summed E-state index contributed by atoms with van der Waals surface area (Å²) in [6.45, 7) is 4.04. The predicted molar refractivity (Wildman–Crippen MR) is 68.3 cm³/mol. The van der Waals surface area contributed by atoms with Crippen molar-refractivity contribution in [2.45, 2.75) is 25.8 Å². The van der Waals surface area contributed by atoms with Gasteiger partial charge in [0.05, 0.1) is 23.8 Å². The number of hydrogen-bond donors (Lipinski definition) is 2. The molecule has 2 N–H and O–H groups in total. The molecule has 1 rings (SSSR count). The van der Waals surface area contributed by atoms with Crippen LogP contribution in [-0.2, 0) is 0 Å². The first-order chi connectivity index (χ1) is 7.54. The number of nitrogens with one attached hydrogen (secondary N) is 1. The van der Waals surface area contributed by atoms with Crippen molar-refractivity contribution >= 4 is 21.6 Å². The average molecular weight is 283 g/mol. The summed E-state index contributed by atoms with van der Waals surface area (Å²) in [6.07, 6.45) is 0.815. The maximum absolute atomic E-state index is 9.31. The van der Waals surface area contributed by atoms with E-state index in [1.807, 2.05) is 19.9 Å². The first-order valence-electron chi connectivity index (χ1n) is 5.13. The number of anilines is 1. The van der Waals surface area contributed by atoms with E-state index < -0.39 is 0 Å². The third-order valence-corrected chi connectivity index (χ3v) is 3.32. The standard InChI is InChI=1S/C12H15BrN2O/c1-3-12(2,8-16)15-11-5-4-9(7-14)6-10(11)13/h4-6,15-16H,3,8H2,1-2H3. The van der Waals surface area contributed by atoms with Gasteiger partial charge in [-0.1, -0.05) is 6.92 Å². The summed E-state index contributed by atoms with van der Waals surface area (Å²) >= 11 is 3.40. The number of halogens is 1. The highest BCUT2D eigenvalue weighted by molar-refractivity contribution is 9.10. The summed E-state index contributed by atoms with van der Waals surface area (Å²) in [7, 11) is 0. The van der Waals surface area contributed by atoms with Crippen LogP contribution in [0.4, 0.5) is 5.69 Å². The Labute approximate surface area is 104 Å². The molecule has 0 aromatic heterocycles. The molecule has 1 aromatic rings. The van der Waals surface area contributed by atoms with Crippen molar-refractivity contribution < 1.29 is 5.11 Å². The Bertz CT molecular complexity index is 408. The van der Waals surface area contributed by atoms with Crippen molar-refractivity contribution in [3.8, 4) is 6.07 Å². The molecule has 0 aliphatic rings. The number of rotatable bonds is 4. The van der Waals surface area contributed by atoms with Gasteiger partial charge < -0.3 is 10.4 Å². The number of nitrogens with zero attached hydrogens (tertiary/aromatic N) is 1. The van der Waals surface area contributed by atoms with E-state index in [1.165, 1.54) is 0 Å². The first-order valence-corrected chi connectivity index (χ1v) is 5.92. The molecule has 0 heterocycles. The zero-order chi connectivity index (χ0) is 12.2. The van der Waals surface area contributed by atoms with Gasteiger partial charge in [-0.25, -0.2) is 0 Å². The summed E-state index contributed by atoms with van der Waals surface area (Å²) in [5.74, 6) is 0. The van der Waals surface area contributed by atoms with Crippen LogP contribution in [0.2, 0.25) is 0 Å². The monoisotopic (exact) mass is 282 g/mol. The minimum absolute atomic E-state index is 0.0654. The van der Waals surface area contributed by atoms with Gasteiger partial charge in [0.15, 0.2) is 0 Å². The van der Waals surface area contributed by atoms with Crippen molar-refractivity contribution in [2.24, 2.45) is 0 Å². The molecule has 1 unspecified atom stereocenters. The molecule has 16 heavy (non-hydrogen) atoms. The lowest BCUT2D eigenvalue weighted by Gasteiger charge is -2.29. The highest BCUT2D eigenvalue weighted by Gasteiger charge is 2.21. The van der Waals surface area contributed by atoms with E-state index in [-0.39, 0.29) is 12.1 Å². The van der Waals surface area contributed by atoms with Crippen LogP contribution < -0.4 is 5.32 Å². The molecule has 0 amide bonds. The van der Waals surface area contributed by atoms with Gasteiger partial charge in [0.2, 0.25) is 0 Å². The quantitative estimate of drug-likeness (QED) is 0.893. The van der Waals surface area contributed by atoms with E-state index in [0.29, 0.717) is 5.56 Å². The van der Waals surface area contributed by atoms with Gasteiger partial charge in [-0.3, -0.25) is 0 Å². The SMILES string of the molecule is CCC(C)(CO)Nc1ccc(C#N)cc1Br. The van der Waals surface area contributed by atoms with Gasteiger partial charge in [0.25, 0.3) is 0 Å². The van der Waals surface area contributed by atoms with Crippen LogP contribution in [0.25, 0.3) is 0 Å². The topological polar surface area (TPSA) is 56.0 Å². The van der Waals surface area contributed by atoms with E-state index in [2.05, 4.69) is 27.3 Å². The fraction of sp³-hybridized carbons (Fsp3) is 0.417. The van der Waals surface area contributed by atoms with Crippen molar-refractivity contribution in [1.29, 1.82) is 5.26 Å². The molecule has 0 fully saturated rings. The molecule has 3 nitrogen and oxygen atoms in total. The van der Waals surface area contributed by atoms with E-state index in [1.54, 1.807) is 12.1 Å². The number of benzene rings is 1. The van der Waals surface area contributed by atoms with E-state index in [4.69, 9.17) is 5.26 Å². The van der Waals surface area contributed by atoms with Crippen LogP contribution in [0.15, 0.2) is 22.7 Å². The Morgan fingerprint density at radius 3 is 2.69 bits per heavy atom. The predicted octanol–water partition coefficient (Wildman–Crippen LogP) is 2.89. The Hall–Kier alpha value is -1.05. The molecule has 0 bridgehead atoms. The number of aliphatic hydroxyl groups excluding tert-OH is 1.